The van der Waals surface area contributed by atoms with Gasteiger partial charge in [-0.15, -0.1) is 11.3 Å². The van der Waals surface area contributed by atoms with Crippen molar-refractivity contribution in [1.29, 1.82) is 0 Å². The van der Waals surface area contributed by atoms with E-state index in [9.17, 15) is 0 Å². The number of hydrogen-bond donors (Lipinski definition) is 1. The van der Waals surface area contributed by atoms with Gasteiger partial charge in [-0.1, -0.05) is 12.1 Å². The van der Waals surface area contributed by atoms with Crippen molar-refractivity contribution in [3.63, 3.8) is 0 Å². The fourth-order valence-electron chi connectivity index (χ4n) is 1.92. The lowest BCUT2D eigenvalue weighted by atomic mass is 10.1. The lowest BCUT2D eigenvalue weighted by molar-refractivity contribution is 0.303. The van der Waals surface area contributed by atoms with Crippen molar-refractivity contribution in [3.8, 4) is 5.75 Å². The lowest BCUT2D eigenvalue weighted by Crippen LogP contribution is -2.10. The third kappa shape index (κ3) is 2.57. The molecule has 0 saturated heterocycles. The van der Waals surface area contributed by atoms with Crippen LogP contribution in [0.3, 0.4) is 0 Å². The summed E-state index contributed by atoms with van der Waals surface area (Å²) in [7, 11) is 0. The zero-order chi connectivity index (χ0) is 12.5. The van der Waals surface area contributed by atoms with E-state index in [4.69, 9.17) is 10.5 Å². The van der Waals surface area contributed by atoms with E-state index in [1.165, 1.54) is 22.6 Å². The highest BCUT2D eigenvalue weighted by Gasteiger charge is 2.23. The summed E-state index contributed by atoms with van der Waals surface area (Å²) in [5, 5.41) is 0. The molecular formula is C15H17NOS. The van der Waals surface area contributed by atoms with E-state index in [1.807, 2.05) is 12.1 Å². The number of rotatable bonds is 4. The van der Waals surface area contributed by atoms with Crippen molar-refractivity contribution < 1.29 is 4.74 Å². The Balaban J connectivity index is 1.74. The SMILES string of the molecule is Cc1ccc(C(N)c2ccc(OC3CC3)cc2)s1. The normalized spacial score (nSPS) is 16.6. The van der Waals surface area contributed by atoms with Gasteiger partial charge in [0.25, 0.3) is 0 Å². The van der Waals surface area contributed by atoms with Gasteiger partial charge < -0.3 is 10.5 Å². The summed E-state index contributed by atoms with van der Waals surface area (Å²) in [6.45, 7) is 2.10. The standard InChI is InChI=1S/C15H17NOS/c1-10-2-9-14(18-10)15(16)11-3-5-12(6-4-11)17-13-7-8-13/h2-6,9,13,15H,7-8,16H2,1H3. The van der Waals surface area contributed by atoms with Gasteiger partial charge in [-0.05, 0) is 49.6 Å². The number of benzene rings is 1. The molecule has 1 aromatic carbocycles. The van der Waals surface area contributed by atoms with Crippen molar-refractivity contribution in [1.82, 2.24) is 0 Å². The third-order valence-electron chi connectivity index (χ3n) is 3.13. The highest BCUT2D eigenvalue weighted by Crippen LogP contribution is 2.30. The molecule has 0 radical (unpaired) electrons. The molecule has 1 unspecified atom stereocenters. The van der Waals surface area contributed by atoms with Gasteiger partial charge in [0.05, 0.1) is 12.1 Å². The van der Waals surface area contributed by atoms with Crippen LogP contribution in [-0.4, -0.2) is 6.10 Å². The molecule has 0 bridgehead atoms. The molecule has 3 rings (SSSR count). The number of thiophene rings is 1. The molecule has 1 saturated carbocycles. The molecule has 18 heavy (non-hydrogen) atoms. The largest absolute Gasteiger partial charge is 0.490 e. The molecule has 1 fully saturated rings. The maximum Gasteiger partial charge on any atom is 0.119 e. The lowest BCUT2D eigenvalue weighted by Gasteiger charge is -2.11. The first-order chi connectivity index (χ1) is 8.72. The van der Waals surface area contributed by atoms with Crippen molar-refractivity contribution in [2.24, 2.45) is 5.73 Å². The maximum absolute atomic E-state index is 6.26. The minimum absolute atomic E-state index is 0.0290. The van der Waals surface area contributed by atoms with E-state index >= 15 is 0 Å². The summed E-state index contributed by atoms with van der Waals surface area (Å²) in [4.78, 5) is 2.51. The molecule has 0 amide bonds. The topological polar surface area (TPSA) is 35.2 Å². The van der Waals surface area contributed by atoms with Gasteiger partial charge in [0.15, 0.2) is 0 Å². The summed E-state index contributed by atoms with van der Waals surface area (Å²) in [5.74, 6) is 0.954. The minimum atomic E-state index is -0.0290. The Labute approximate surface area is 111 Å². The zero-order valence-corrected chi connectivity index (χ0v) is 11.2. The quantitative estimate of drug-likeness (QED) is 0.909. The van der Waals surface area contributed by atoms with Crippen LogP contribution in [0.1, 0.15) is 34.2 Å². The van der Waals surface area contributed by atoms with Crippen LogP contribution in [0.4, 0.5) is 0 Å². The van der Waals surface area contributed by atoms with Crippen molar-refractivity contribution >= 4 is 11.3 Å². The average molecular weight is 259 g/mol. The highest BCUT2D eigenvalue weighted by atomic mass is 32.1. The van der Waals surface area contributed by atoms with E-state index in [-0.39, 0.29) is 6.04 Å². The molecule has 2 N–H and O–H groups in total. The molecule has 1 aliphatic rings. The number of aryl methyl sites for hydroxylation is 1. The predicted molar refractivity (Wildman–Crippen MR) is 75.2 cm³/mol. The van der Waals surface area contributed by atoms with Gasteiger partial charge in [0.2, 0.25) is 0 Å². The fourth-order valence-corrected chi connectivity index (χ4v) is 2.82. The first-order valence-corrected chi connectivity index (χ1v) is 7.12. The van der Waals surface area contributed by atoms with Crippen LogP contribution in [0.15, 0.2) is 36.4 Å². The molecular weight excluding hydrogens is 242 g/mol. The Hall–Kier alpha value is -1.32. The number of hydrogen-bond acceptors (Lipinski definition) is 3. The predicted octanol–water partition coefficient (Wildman–Crippen LogP) is 3.65. The van der Waals surface area contributed by atoms with Gasteiger partial charge in [-0.25, -0.2) is 0 Å². The monoisotopic (exact) mass is 259 g/mol. The second-order valence-electron chi connectivity index (χ2n) is 4.81. The van der Waals surface area contributed by atoms with Crippen LogP contribution < -0.4 is 10.5 Å². The van der Waals surface area contributed by atoms with Gasteiger partial charge in [-0.2, -0.15) is 0 Å². The Morgan fingerprint density at radius 2 is 1.89 bits per heavy atom. The molecule has 1 heterocycles. The van der Waals surface area contributed by atoms with E-state index in [0.717, 1.165) is 11.3 Å². The Kier molecular flexibility index (Phi) is 3.10. The zero-order valence-electron chi connectivity index (χ0n) is 10.4. The summed E-state index contributed by atoms with van der Waals surface area (Å²) < 4.78 is 5.73. The van der Waals surface area contributed by atoms with Crippen molar-refractivity contribution in [3.05, 3.63) is 51.7 Å². The molecule has 0 spiro atoms. The molecule has 0 aliphatic heterocycles. The summed E-state index contributed by atoms with van der Waals surface area (Å²) in [5.41, 5.74) is 7.40. The number of ether oxygens (including phenoxy) is 1. The molecule has 1 aliphatic carbocycles. The first kappa shape index (κ1) is 11.8. The van der Waals surface area contributed by atoms with Gasteiger partial charge >= 0.3 is 0 Å². The average Bonchev–Trinajstić information content (AvgIpc) is 3.09. The molecule has 2 aromatic rings. The van der Waals surface area contributed by atoms with E-state index in [0.29, 0.717) is 6.10 Å². The fraction of sp³-hybridized carbons (Fsp3) is 0.333. The Bertz CT molecular complexity index is 528. The second-order valence-corrected chi connectivity index (χ2v) is 6.13. The van der Waals surface area contributed by atoms with E-state index < -0.39 is 0 Å². The summed E-state index contributed by atoms with van der Waals surface area (Å²) in [6.07, 6.45) is 2.83. The van der Waals surface area contributed by atoms with E-state index in [2.05, 4.69) is 31.2 Å². The first-order valence-electron chi connectivity index (χ1n) is 6.31. The smallest absolute Gasteiger partial charge is 0.119 e. The van der Waals surface area contributed by atoms with Gasteiger partial charge in [0, 0.05) is 9.75 Å². The maximum atomic E-state index is 6.26. The van der Waals surface area contributed by atoms with Crippen molar-refractivity contribution in [2.75, 3.05) is 0 Å². The molecule has 94 valence electrons. The Morgan fingerprint density at radius 3 is 2.44 bits per heavy atom. The highest BCUT2D eigenvalue weighted by molar-refractivity contribution is 7.12. The molecule has 2 nitrogen and oxygen atoms in total. The van der Waals surface area contributed by atoms with Crippen molar-refractivity contribution in [2.45, 2.75) is 31.9 Å². The van der Waals surface area contributed by atoms with Gasteiger partial charge in [-0.3, -0.25) is 0 Å². The van der Waals surface area contributed by atoms with Crippen LogP contribution in [0.2, 0.25) is 0 Å². The second kappa shape index (κ2) is 4.75. The van der Waals surface area contributed by atoms with E-state index in [1.54, 1.807) is 11.3 Å². The van der Waals surface area contributed by atoms with Gasteiger partial charge in [0.1, 0.15) is 5.75 Å². The Morgan fingerprint density at radius 1 is 1.17 bits per heavy atom. The summed E-state index contributed by atoms with van der Waals surface area (Å²) >= 11 is 1.76. The van der Waals surface area contributed by atoms with Crippen LogP contribution >= 0.6 is 11.3 Å². The number of nitrogens with two attached hydrogens (primary N) is 1. The minimum Gasteiger partial charge on any atom is -0.490 e. The summed E-state index contributed by atoms with van der Waals surface area (Å²) in [6, 6.07) is 12.4. The van der Waals surface area contributed by atoms with Crippen LogP contribution in [0.25, 0.3) is 0 Å². The van der Waals surface area contributed by atoms with Crippen LogP contribution in [0, 0.1) is 6.92 Å². The molecule has 1 aromatic heterocycles. The third-order valence-corrected chi connectivity index (χ3v) is 4.22. The van der Waals surface area contributed by atoms with Crippen LogP contribution in [-0.2, 0) is 0 Å². The molecule has 1 atom stereocenters. The molecule has 3 heteroatoms. The van der Waals surface area contributed by atoms with Crippen LogP contribution in [0.5, 0.6) is 5.75 Å².